The zero-order valence-electron chi connectivity index (χ0n) is 12.7. The molecule has 1 aliphatic heterocycles. The lowest BCUT2D eigenvalue weighted by Gasteiger charge is -2.43. The number of ether oxygens (including phenoxy) is 1. The van der Waals surface area contributed by atoms with E-state index in [1.54, 1.807) is 20.8 Å². The van der Waals surface area contributed by atoms with E-state index in [9.17, 15) is 24.9 Å². The van der Waals surface area contributed by atoms with Gasteiger partial charge in [-0.2, -0.15) is 0 Å². The first-order chi connectivity index (χ1) is 9.57. The highest BCUT2D eigenvalue weighted by Gasteiger charge is 2.46. The number of amides is 2. The Kier molecular flexibility index (Phi) is 5.68. The van der Waals surface area contributed by atoms with Crippen molar-refractivity contribution in [2.45, 2.75) is 58.3 Å². The van der Waals surface area contributed by atoms with Gasteiger partial charge >= 0.3 is 0 Å². The largest absolute Gasteiger partial charge is 0.394 e. The summed E-state index contributed by atoms with van der Waals surface area (Å²) in [5.74, 6) is -0.795. The highest BCUT2D eigenvalue weighted by atomic mass is 16.6. The van der Waals surface area contributed by atoms with E-state index in [1.165, 1.54) is 6.92 Å². The fourth-order valence-corrected chi connectivity index (χ4v) is 2.05. The molecule has 5 N–H and O–H groups in total. The van der Waals surface area contributed by atoms with Gasteiger partial charge in [-0.05, 0) is 0 Å². The third-order valence-corrected chi connectivity index (χ3v) is 3.29. The lowest BCUT2D eigenvalue weighted by Crippen LogP contribution is -2.68. The molecule has 0 saturated carbocycles. The van der Waals surface area contributed by atoms with E-state index < -0.39 is 48.5 Å². The molecule has 1 saturated heterocycles. The van der Waals surface area contributed by atoms with Crippen molar-refractivity contribution in [1.82, 2.24) is 10.6 Å². The molecule has 0 bridgehead atoms. The van der Waals surface area contributed by atoms with Gasteiger partial charge in [-0.1, -0.05) is 20.8 Å². The van der Waals surface area contributed by atoms with Crippen LogP contribution in [0.4, 0.5) is 0 Å². The van der Waals surface area contributed by atoms with Gasteiger partial charge in [-0.15, -0.1) is 0 Å². The van der Waals surface area contributed by atoms with Crippen molar-refractivity contribution >= 4 is 11.8 Å². The molecule has 5 atom stereocenters. The van der Waals surface area contributed by atoms with Crippen LogP contribution in [0.3, 0.4) is 0 Å². The number of carbonyl (C=O) groups excluding carboxylic acids is 2. The van der Waals surface area contributed by atoms with Crippen molar-refractivity contribution < 1.29 is 29.6 Å². The summed E-state index contributed by atoms with van der Waals surface area (Å²) in [5.41, 5.74) is -0.695. The summed E-state index contributed by atoms with van der Waals surface area (Å²) in [4.78, 5) is 23.2. The summed E-state index contributed by atoms with van der Waals surface area (Å²) >= 11 is 0. The molecule has 21 heavy (non-hydrogen) atoms. The normalized spacial score (nSPS) is 33.4. The van der Waals surface area contributed by atoms with Crippen molar-refractivity contribution in [2.24, 2.45) is 5.41 Å². The van der Waals surface area contributed by atoms with Crippen LogP contribution in [0.25, 0.3) is 0 Å². The quantitative estimate of drug-likeness (QED) is 0.414. The smallest absolute Gasteiger partial charge is 0.225 e. The maximum absolute atomic E-state index is 12.0. The molecule has 0 unspecified atom stereocenters. The highest BCUT2D eigenvalue weighted by molar-refractivity contribution is 5.81. The van der Waals surface area contributed by atoms with Crippen molar-refractivity contribution in [2.75, 3.05) is 6.61 Å². The molecule has 1 heterocycles. The van der Waals surface area contributed by atoms with Crippen LogP contribution in [-0.2, 0) is 14.3 Å². The zero-order chi connectivity index (χ0) is 16.4. The Hall–Kier alpha value is -1.22. The van der Waals surface area contributed by atoms with Gasteiger partial charge in [-0.25, -0.2) is 0 Å². The maximum atomic E-state index is 12.0. The van der Waals surface area contributed by atoms with Crippen molar-refractivity contribution in [3.63, 3.8) is 0 Å². The Bertz CT molecular complexity index is 395. The molecular weight excluding hydrogens is 280 g/mol. The molecule has 0 aromatic rings. The number of nitrogens with one attached hydrogen (secondary N) is 2. The monoisotopic (exact) mass is 304 g/mol. The van der Waals surface area contributed by atoms with E-state index in [2.05, 4.69) is 10.6 Å². The average molecular weight is 304 g/mol. The van der Waals surface area contributed by atoms with E-state index in [4.69, 9.17) is 4.74 Å². The molecule has 0 aliphatic carbocycles. The van der Waals surface area contributed by atoms with E-state index >= 15 is 0 Å². The van der Waals surface area contributed by atoms with E-state index in [-0.39, 0.29) is 5.91 Å². The van der Waals surface area contributed by atoms with Crippen LogP contribution in [0.1, 0.15) is 27.7 Å². The van der Waals surface area contributed by atoms with Gasteiger partial charge in [0.2, 0.25) is 11.8 Å². The highest BCUT2D eigenvalue weighted by Crippen LogP contribution is 2.22. The lowest BCUT2D eigenvalue weighted by atomic mass is 9.90. The minimum absolute atomic E-state index is 0.341. The number of aliphatic hydroxyl groups is 3. The molecule has 8 nitrogen and oxygen atoms in total. The minimum Gasteiger partial charge on any atom is -0.394 e. The summed E-state index contributed by atoms with van der Waals surface area (Å²) < 4.78 is 5.16. The second-order valence-corrected chi connectivity index (χ2v) is 6.21. The number of hydrogen-bond acceptors (Lipinski definition) is 6. The first-order valence-corrected chi connectivity index (χ1v) is 6.78. The van der Waals surface area contributed by atoms with Gasteiger partial charge in [0.1, 0.15) is 18.2 Å². The van der Waals surface area contributed by atoms with Crippen LogP contribution in [-0.4, -0.2) is 64.3 Å². The Labute approximate surface area is 123 Å². The molecule has 8 heteroatoms. The van der Waals surface area contributed by atoms with Gasteiger partial charge in [0.15, 0.2) is 6.29 Å². The molecular formula is C13H24N2O6. The van der Waals surface area contributed by atoms with Crippen LogP contribution in [0.15, 0.2) is 0 Å². The Morgan fingerprint density at radius 2 is 1.71 bits per heavy atom. The SMILES string of the molecule is CC(=O)N[C@@H]1[C@@H](O)[C@@H](NC(=O)C(C)(C)C)[C@@H](CO)O[C@H]1O. The number of carbonyl (C=O) groups is 2. The minimum atomic E-state index is -1.47. The van der Waals surface area contributed by atoms with Crippen molar-refractivity contribution in [1.29, 1.82) is 0 Å². The van der Waals surface area contributed by atoms with Crippen molar-refractivity contribution in [3.05, 3.63) is 0 Å². The second-order valence-electron chi connectivity index (χ2n) is 6.21. The zero-order valence-corrected chi connectivity index (χ0v) is 12.7. The summed E-state index contributed by atoms with van der Waals surface area (Å²) in [5, 5.41) is 34.3. The van der Waals surface area contributed by atoms with Crippen LogP contribution < -0.4 is 10.6 Å². The number of aliphatic hydroxyl groups excluding tert-OH is 3. The molecule has 0 spiro atoms. The molecule has 0 aromatic heterocycles. The Morgan fingerprint density at radius 1 is 1.14 bits per heavy atom. The topological polar surface area (TPSA) is 128 Å². The Balaban J connectivity index is 2.91. The third kappa shape index (κ3) is 4.37. The average Bonchev–Trinajstić information content (AvgIpc) is 2.35. The molecule has 0 radical (unpaired) electrons. The summed E-state index contributed by atoms with van der Waals surface area (Å²) in [6.07, 6.45) is -3.73. The molecule has 0 aromatic carbocycles. The Morgan fingerprint density at radius 3 is 2.14 bits per heavy atom. The molecule has 2 amide bonds. The van der Waals surface area contributed by atoms with Crippen LogP contribution in [0.5, 0.6) is 0 Å². The maximum Gasteiger partial charge on any atom is 0.225 e. The van der Waals surface area contributed by atoms with Crippen LogP contribution in [0.2, 0.25) is 0 Å². The molecule has 1 fully saturated rings. The van der Waals surface area contributed by atoms with Gasteiger partial charge in [-0.3, -0.25) is 9.59 Å². The predicted molar refractivity (Wildman–Crippen MR) is 73.0 cm³/mol. The van der Waals surface area contributed by atoms with Gasteiger partial charge in [0.25, 0.3) is 0 Å². The van der Waals surface area contributed by atoms with E-state index in [0.717, 1.165) is 0 Å². The predicted octanol–water partition coefficient (Wildman–Crippen LogP) is -1.91. The van der Waals surface area contributed by atoms with Gasteiger partial charge in [0, 0.05) is 12.3 Å². The fourth-order valence-electron chi connectivity index (χ4n) is 2.05. The molecule has 122 valence electrons. The van der Waals surface area contributed by atoms with E-state index in [1.807, 2.05) is 0 Å². The summed E-state index contributed by atoms with van der Waals surface area (Å²) in [6.45, 7) is 5.85. The van der Waals surface area contributed by atoms with Crippen LogP contribution in [0, 0.1) is 5.41 Å². The molecule has 1 aliphatic rings. The van der Waals surface area contributed by atoms with Gasteiger partial charge in [0.05, 0.1) is 12.6 Å². The van der Waals surface area contributed by atoms with Crippen molar-refractivity contribution in [3.8, 4) is 0 Å². The van der Waals surface area contributed by atoms with Crippen LogP contribution >= 0.6 is 0 Å². The van der Waals surface area contributed by atoms with E-state index in [0.29, 0.717) is 0 Å². The second kappa shape index (κ2) is 6.69. The third-order valence-electron chi connectivity index (χ3n) is 3.29. The first-order valence-electron chi connectivity index (χ1n) is 6.78. The number of hydrogen-bond donors (Lipinski definition) is 5. The fraction of sp³-hybridized carbons (Fsp3) is 0.846. The molecule has 1 rings (SSSR count). The summed E-state index contributed by atoms with van der Waals surface area (Å²) in [7, 11) is 0. The standard InChI is InChI=1S/C13H24N2O6/c1-6(17)14-9-10(18)8(7(5-16)21-11(9)19)15-12(20)13(2,3)4/h7-11,16,18-19H,5H2,1-4H3,(H,14,17)(H,15,20)/t7-,8+,9-,10+,11-/m1/s1. The summed E-state index contributed by atoms with van der Waals surface area (Å²) in [6, 6.07) is -2.03. The first kappa shape index (κ1) is 17.8. The number of rotatable bonds is 3. The van der Waals surface area contributed by atoms with Gasteiger partial charge < -0.3 is 30.7 Å². The lowest BCUT2D eigenvalue weighted by molar-refractivity contribution is -0.226.